The molecular formula is C24H33N3O2. The van der Waals surface area contributed by atoms with Gasteiger partial charge in [-0.15, -0.1) is 0 Å². The Bertz CT molecular complexity index is 842. The molecule has 4 atom stereocenters. The zero-order chi connectivity index (χ0) is 20.4. The maximum Gasteiger partial charge on any atom is 0.237 e. The molecular weight excluding hydrogens is 362 g/mol. The standard InChI is InChI=1S/C24H33N3O2/c1-16(20-9-5-7-18-6-3-4-8-21(18)20)26-24(28)17(2)27-13-10-19(11-14-27)23-22(25)12-15-29-23/h3-9,16-17,19,22-23H,10-15,25H2,1-2H3,(H,26,28)/t16?,17?,22-,23+/m1/s1. The molecule has 0 bridgehead atoms. The average Bonchev–Trinajstić information content (AvgIpc) is 3.18. The fourth-order valence-corrected chi connectivity index (χ4v) is 4.95. The van der Waals surface area contributed by atoms with Gasteiger partial charge in [-0.25, -0.2) is 0 Å². The maximum atomic E-state index is 13.0. The van der Waals surface area contributed by atoms with E-state index in [0.717, 1.165) is 44.5 Å². The first-order valence-electron chi connectivity index (χ1n) is 10.9. The van der Waals surface area contributed by atoms with Crippen molar-refractivity contribution >= 4 is 16.7 Å². The highest BCUT2D eigenvalue weighted by atomic mass is 16.5. The molecule has 2 heterocycles. The Balaban J connectivity index is 1.35. The number of carbonyl (C=O) groups excluding carboxylic acids is 1. The molecule has 2 fully saturated rings. The fraction of sp³-hybridized carbons (Fsp3) is 0.542. The molecule has 0 aromatic heterocycles. The van der Waals surface area contributed by atoms with E-state index in [1.807, 2.05) is 19.1 Å². The van der Waals surface area contributed by atoms with Crippen molar-refractivity contribution in [1.82, 2.24) is 10.2 Å². The Hall–Kier alpha value is -1.95. The van der Waals surface area contributed by atoms with E-state index in [4.69, 9.17) is 10.5 Å². The van der Waals surface area contributed by atoms with Crippen molar-refractivity contribution in [3.8, 4) is 0 Å². The topological polar surface area (TPSA) is 67.6 Å². The fourth-order valence-electron chi connectivity index (χ4n) is 4.95. The lowest BCUT2D eigenvalue weighted by atomic mass is 9.87. The predicted molar refractivity (Wildman–Crippen MR) is 117 cm³/mol. The number of rotatable bonds is 5. The third-order valence-corrected chi connectivity index (χ3v) is 6.80. The van der Waals surface area contributed by atoms with E-state index in [2.05, 4.69) is 47.5 Å². The first-order valence-corrected chi connectivity index (χ1v) is 10.9. The van der Waals surface area contributed by atoms with Crippen molar-refractivity contribution < 1.29 is 9.53 Å². The summed E-state index contributed by atoms with van der Waals surface area (Å²) < 4.78 is 5.86. The number of nitrogens with zero attached hydrogens (tertiary/aromatic N) is 1. The van der Waals surface area contributed by atoms with Gasteiger partial charge in [-0.2, -0.15) is 0 Å². The van der Waals surface area contributed by atoms with Gasteiger partial charge in [-0.1, -0.05) is 42.5 Å². The highest BCUT2D eigenvalue weighted by Crippen LogP contribution is 2.29. The maximum absolute atomic E-state index is 13.0. The van der Waals surface area contributed by atoms with Crippen LogP contribution in [-0.4, -0.2) is 48.7 Å². The van der Waals surface area contributed by atoms with E-state index in [-0.39, 0.29) is 30.1 Å². The van der Waals surface area contributed by atoms with Crippen molar-refractivity contribution in [2.45, 2.75) is 57.3 Å². The average molecular weight is 396 g/mol. The predicted octanol–water partition coefficient (Wildman–Crippen LogP) is 3.23. The third-order valence-electron chi connectivity index (χ3n) is 6.80. The van der Waals surface area contributed by atoms with Gasteiger partial charge in [0.1, 0.15) is 0 Å². The molecule has 2 unspecified atom stereocenters. The van der Waals surface area contributed by atoms with Crippen molar-refractivity contribution in [3.05, 3.63) is 48.0 Å². The minimum Gasteiger partial charge on any atom is -0.376 e. The Morgan fingerprint density at radius 1 is 1.10 bits per heavy atom. The molecule has 3 N–H and O–H groups in total. The number of likely N-dealkylation sites (tertiary alicyclic amines) is 1. The summed E-state index contributed by atoms with van der Waals surface area (Å²) in [6.45, 7) is 6.72. The molecule has 2 saturated heterocycles. The molecule has 2 aliphatic rings. The van der Waals surface area contributed by atoms with E-state index in [1.54, 1.807) is 0 Å². The molecule has 5 heteroatoms. The number of ether oxygens (including phenoxy) is 1. The number of benzene rings is 2. The molecule has 0 aliphatic carbocycles. The number of nitrogens with two attached hydrogens (primary N) is 1. The summed E-state index contributed by atoms with van der Waals surface area (Å²) in [6.07, 6.45) is 3.27. The zero-order valence-corrected chi connectivity index (χ0v) is 17.5. The SMILES string of the molecule is CC(NC(=O)C(C)N1CCC([C@@H]2OCC[C@H]2N)CC1)c1cccc2ccccc12. The van der Waals surface area contributed by atoms with Gasteiger partial charge < -0.3 is 15.8 Å². The second-order valence-corrected chi connectivity index (χ2v) is 8.64. The van der Waals surface area contributed by atoms with Gasteiger partial charge in [0.05, 0.1) is 18.2 Å². The summed E-state index contributed by atoms with van der Waals surface area (Å²) in [5.74, 6) is 0.617. The van der Waals surface area contributed by atoms with Gasteiger partial charge in [0.25, 0.3) is 0 Å². The largest absolute Gasteiger partial charge is 0.376 e. The van der Waals surface area contributed by atoms with Gasteiger partial charge >= 0.3 is 0 Å². The Labute approximate surface area is 173 Å². The van der Waals surface area contributed by atoms with Crippen LogP contribution in [0, 0.1) is 5.92 Å². The van der Waals surface area contributed by atoms with E-state index in [9.17, 15) is 4.79 Å². The number of hydrogen-bond acceptors (Lipinski definition) is 4. The second kappa shape index (κ2) is 8.82. The molecule has 2 aromatic carbocycles. The van der Waals surface area contributed by atoms with Crippen LogP contribution in [0.5, 0.6) is 0 Å². The van der Waals surface area contributed by atoms with Gasteiger partial charge in [-0.05, 0) is 68.5 Å². The van der Waals surface area contributed by atoms with Crippen LogP contribution in [0.2, 0.25) is 0 Å². The van der Waals surface area contributed by atoms with Crippen LogP contribution >= 0.6 is 0 Å². The number of hydrogen-bond donors (Lipinski definition) is 2. The van der Waals surface area contributed by atoms with Crippen LogP contribution in [0.15, 0.2) is 42.5 Å². The Morgan fingerprint density at radius 2 is 1.83 bits per heavy atom. The summed E-state index contributed by atoms with van der Waals surface area (Å²) in [7, 11) is 0. The highest BCUT2D eigenvalue weighted by Gasteiger charge is 2.36. The van der Waals surface area contributed by atoms with Crippen molar-refractivity contribution in [1.29, 1.82) is 0 Å². The second-order valence-electron chi connectivity index (χ2n) is 8.64. The summed E-state index contributed by atoms with van der Waals surface area (Å²) in [6, 6.07) is 14.6. The number of carbonyl (C=O) groups is 1. The van der Waals surface area contributed by atoms with Crippen molar-refractivity contribution in [3.63, 3.8) is 0 Å². The molecule has 29 heavy (non-hydrogen) atoms. The Kier molecular flexibility index (Phi) is 6.18. The number of fused-ring (bicyclic) bond motifs is 1. The lowest BCUT2D eigenvalue weighted by molar-refractivity contribution is -0.127. The molecule has 2 aliphatic heterocycles. The van der Waals surface area contributed by atoms with Crippen molar-refractivity contribution in [2.24, 2.45) is 11.7 Å². The van der Waals surface area contributed by atoms with Gasteiger partial charge in [0, 0.05) is 12.6 Å². The van der Waals surface area contributed by atoms with Crippen LogP contribution in [0.3, 0.4) is 0 Å². The summed E-state index contributed by atoms with van der Waals surface area (Å²) >= 11 is 0. The molecule has 0 radical (unpaired) electrons. The minimum atomic E-state index is -0.133. The summed E-state index contributed by atoms with van der Waals surface area (Å²) in [4.78, 5) is 15.2. The number of amides is 1. The van der Waals surface area contributed by atoms with Gasteiger partial charge in [0.2, 0.25) is 5.91 Å². The highest BCUT2D eigenvalue weighted by molar-refractivity contribution is 5.87. The van der Waals surface area contributed by atoms with E-state index < -0.39 is 0 Å². The zero-order valence-electron chi connectivity index (χ0n) is 17.5. The van der Waals surface area contributed by atoms with E-state index >= 15 is 0 Å². The lowest BCUT2D eigenvalue weighted by Gasteiger charge is -2.38. The van der Waals surface area contributed by atoms with Crippen LogP contribution in [0.4, 0.5) is 0 Å². The normalized spacial score (nSPS) is 25.8. The lowest BCUT2D eigenvalue weighted by Crippen LogP contribution is -2.50. The number of nitrogens with one attached hydrogen (secondary N) is 1. The van der Waals surface area contributed by atoms with Crippen molar-refractivity contribution in [2.75, 3.05) is 19.7 Å². The first kappa shape index (κ1) is 20.3. The van der Waals surface area contributed by atoms with E-state index in [1.165, 1.54) is 10.8 Å². The van der Waals surface area contributed by atoms with Crippen LogP contribution in [0.25, 0.3) is 10.8 Å². The summed E-state index contributed by atoms with van der Waals surface area (Å²) in [5.41, 5.74) is 7.36. The quantitative estimate of drug-likeness (QED) is 0.816. The molecule has 4 rings (SSSR count). The Morgan fingerprint density at radius 3 is 2.55 bits per heavy atom. The van der Waals surface area contributed by atoms with Crippen LogP contribution in [-0.2, 0) is 9.53 Å². The monoisotopic (exact) mass is 395 g/mol. The molecule has 2 aromatic rings. The molecule has 5 nitrogen and oxygen atoms in total. The first-order chi connectivity index (χ1) is 14.0. The molecule has 156 valence electrons. The van der Waals surface area contributed by atoms with Crippen LogP contribution < -0.4 is 11.1 Å². The smallest absolute Gasteiger partial charge is 0.237 e. The molecule has 0 spiro atoms. The van der Waals surface area contributed by atoms with Gasteiger partial charge in [0.15, 0.2) is 0 Å². The van der Waals surface area contributed by atoms with Crippen LogP contribution in [0.1, 0.15) is 44.7 Å². The van der Waals surface area contributed by atoms with Gasteiger partial charge in [-0.3, -0.25) is 9.69 Å². The third kappa shape index (κ3) is 4.32. The number of piperidine rings is 1. The van der Waals surface area contributed by atoms with E-state index in [0.29, 0.717) is 5.92 Å². The molecule has 0 saturated carbocycles. The molecule has 1 amide bonds. The minimum absolute atomic E-state index is 0.0292. The summed E-state index contributed by atoms with van der Waals surface area (Å²) in [5, 5.41) is 5.63.